The molecule has 0 atom stereocenters. The summed E-state index contributed by atoms with van der Waals surface area (Å²) in [5, 5.41) is 11.8. The van der Waals surface area contributed by atoms with E-state index < -0.39 is 0 Å². The number of rotatable bonds is 6. The highest BCUT2D eigenvalue weighted by Crippen LogP contribution is 2.24. The number of hydrogen-bond donors (Lipinski definition) is 2. The molecule has 0 spiro atoms. The van der Waals surface area contributed by atoms with Crippen molar-refractivity contribution in [1.29, 1.82) is 0 Å². The third kappa shape index (κ3) is 3.51. The zero-order chi connectivity index (χ0) is 12.0. The van der Waals surface area contributed by atoms with Gasteiger partial charge in [0.05, 0.1) is 13.7 Å². The minimum absolute atomic E-state index is 0.159. The summed E-state index contributed by atoms with van der Waals surface area (Å²) < 4.78 is 5.36. The largest absolute Gasteiger partial charge is 0.496 e. The molecule has 0 saturated heterocycles. The van der Waals surface area contributed by atoms with Gasteiger partial charge in [-0.05, 0) is 17.5 Å². The van der Waals surface area contributed by atoms with Gasteiger partial charge in [0.1, 0.15) is 5.75 Å². The van der Waals surface area contributed by atoms with Gasteiger partial charge in [-0.15, -0.1) is 0 Å². The van der Waals surface area contributed by atoms with Crippen molar-refractivity contribution in [3.8, 4) is 5.75 Å². The molecule has 0 fully saturated rings. The van der Waals surface area contributed by atoms with E-state index in [0.29, 0.717) is 12.5 Å². The molecule has 0 unspecified atom stereocenters. The second kappa shape index (κ2) is 6.51. The Hall–Kier alpha value is -1.06. The maximum atomic E-state index is 8.69. The summed E-state index contributed by atoms with van der Waals surface area (Å²) in [5.74, 6) is 1.42. The summed E-state index contributed by atoms with van der Waals surface area (Å²) in [6.07, 6.45) is 0. The third-order valence-electron chi connectivity index (χ3n) is 2.58. The van der Waals surface area contributed by atoms with Crippen LogP contribution < -0.4 is 10.1 Å². The van der Waals surface area contributed by atoms with E-state index in [4.69, 9.17) is 9.84 Å². The molecule has 0 aliphatic rings. The fourth-order valence-electron chi connectivity index (χ4n) is 1.57. The van der Waals surface area contributed by atoms with E-state index in [1.165, 1.54) is 5.56 Å². The van der Waals surface area contributed by atoms with E-state index in [1.54, 1.807) is 7.11 Å². The molecule has 0 amide bonds. The Morgan fingerprint density at radius 2 is 2.12 bits per heavy atom. The van der Waals surface area contributed by atoms with Gasteiger partial charge >= 0.3 is 0 Å². The van der Waals surface area contributed by atoms with Gasteiger partial charge in [-0.3, -0.25) is 0 Å². The normalized spacial score (nSPS) is 10.8. The molecule has 3 nitrogen and oxygen atoms in total. The first-order chi connectivity index (χ1) is 7.69. The molecule has 0 saturated carbocycles. The van der Waals surface area contributed by atoms with E-state index in [-0.39, 0.29) is 6.61 Å². The van der Waals surface area contributed by atoms with Crippen molar-refractivity contribution in [1.82, 2.24) is 5.32 Å². The second-order valence-electron chi connectivity index (χ2n) is 4.13. The maximum Gasteiger partial charge on any atom is 0.123 e. The number of aliphatic hydroxyl groups is 1. The Morgan fingerprint density at radius 1 is 1.38 bits per heavy atom. The number of hydrogen-bond acceptors (Lipinski definition) is 3. The number of nitrogens with one attached hydrogen (secondary N) is 1. The smallest absolute Gasteiger partial charge is 0.123 e. The van der Waals surface area contributed by atoms with Crippen LogP contribution in [-0.2, 0) is 6.54 Å². The molecule has 0 aliphatic carbocycles. The fraction of sp³-hybridized carbons (Fsp3) is 0.538. The van der Waals surface area contributed by atoms with Crippen molar-refractivity contribution in [3.05, 3.63) is 29.3 Å². The summed E-state index contributed by atoms with van der Waals surface area (Å²) >= 11 is 0. The lowest BCUT2D eigenvalue weighted by Crippen LogP contribution is -2.17. The van der Waals surface area contributed by atoms with Crippen molar-refractivity contribution < 1.29 is 9.84 Å². The van der Waals surface area contributed by atoms with Gasteiger partial charge in [0, 0.05) is 18.7 Å². The summed E-state index contributed by atoms with van der Waals surface area (Å²) in [5.41, 5.74) is 2.41. The third-order valence-corrected chi connectivity index (χ3v) is 2.58. The van der Waals surface area contributed by atoms with Gasteiger partial charge < -0.3 is 15.2 Å². The number of methoxy groups -OCH3 is 1. The molecular formula is C13H21NO2. The predicted molar refractivity (Wildman–Crippen MR) is 65.9 cm³/mol. The highest BCUT2D eigenvalue weighted by molar-refractivity contribution is 5.38. The minimum atomic E-state index is 0.159. The monoisotopic (exact) mass is 223 g/mol. The van der Waals surface area contributed by atoms with Crippen molar-refractivity contribution in [3.63, 3.8) is 0 Å². The molecule has 2 N–H and O–H groups in total. The van der Waals surface area contributed by atoms with Crippen LogP contribution in [0.15, 0.2) is 18.2 Å². The van der Waals surface area contributed by atoms with E-state index in [0.717, 1.165) is 17.9 Å². The van der Waals surface area contributed by atoms with Crippen LogP contribution in [-0.4, -0.2) is 25.4 Å². The first-order valence-electron chi connectivity index (χ1n) is 5.67. The van der Waals surface area contributed by atoms with Gasteiger partial charge in [0.25, 0.3) is 0 Å². The Labute approximate surface area is 97.4 Å². The van der Waals surface area contributed by atoms with E-state index in [1.807, 2.05) is 0 Å². The average molecular weight is 223 g/mol. The molecule has 0 radical (unpaired) electrons. The number of ether oxygens (including phenoxy) is 1. The molecule has 0 bridgehead atoms. The fourth-order valence-corrected chi connectivity index (χ4v) is 1.57. The quantitative estimate of drug-likeness (QED) is 0.724. The van der Waals surface area contributed by atoms with Crippen LogP contribution in [0, 0.1) is 0 Å². The van der Waals surface area contributed by atoms with Crippen LogP contribution in [0.5, 0.6) is 5.75 Å². The predicted octanol–water partition coefficient (Wildman–Crippen LogP) is 1.90. The molecule has 0 aliphatic heterocycles. The summed E-state index contributed by atoms with van der Waals surface area (Å²) in [4.78, 5) is 0. The molecule has 0 aromatic heterocycles. The SMILES string of the molecule is COc1cc(C(C)C)ccc1CNCCO. The van der Waals surface area contributed by atoms with Crippen molar-refractivity contribution in [2.75, 3.05) is 20.3 Å². The Kier molecular flexibility index (Phi) is 5.29. The van der Waals surface area contributed by atoms with E-state index in [2.05, 4.69) is 37.4 Å². The van der Waals surface area contributed by atoms with Crippen LogP contribution in [0.2, 0.25) is 0 Å². The highest BCUT2D eigenvalue weighted by atomic mass is 16.5. The molecule has 1 aromatic rings. The van der Waals surface area contributed by atoms with Crippen molar-refractivity contribution in [2.24, 2.45) is 0 Å². The first-order valence-corrected chi connectivity index (χ1v) is 5.67. The first kappa shape index (κ1) is 13.0. The van der Waals surface area contributed by atoms with Crippen LogP contribution in [0.3, 0.4) is 0 Å². The van der Waals surface area contributed by atoms with Crippen LogP contribution in [0.4, 0.5) is 0 Å². The molecule has 1 rings (SSSR count). The van der Waals surface area contributed by atoms with Crippen molar-refractivity contribution >= 4 is 0 Å². The van der Waals surface area contributed by atoms with Crippen molar-refractivity contribution in [2.45, 2.75) is 26.3 Å². The molecular weight excluding hydrogens is 202 g/mol. The second-order valence-corrected chi connectivity index (χ2v) is 4.13. The zero-order valence-electron chi connectivity index (χ0n) is 10.3. The highest BCUT2D eigenvalue weighted by Gasteiger charge is 2.06. The molecule has 1 aromatic carbocycles. The van der Waals surface area contributed by atoms with E-state index in [9.17, 15) is 0 Å². The van der Waals surface area contributed by atoms with Crippen LogP contribution in [0.1, 0.15) is 30.9 Å². The van der Waals surface area contributed by atoms with Crippen LogP contribution in [0.25, 0.3) is 0 Å². The summed E-state index contributed by atoms with van der Waals surface area (Å²) in [6.45, 7) is 5.82. The molecule has 3 heteroatoms. The van der Waals surface area contributed by atoms with Gasteiger partial charge in [0.2, 0.25) is 0 Å². The molecule has 90 valence electrons. The lowest BCUT2D eigenvalue weighted by molar-refractivity contribution is 0.291. The van der Waals surface area contributed by atoms with Gasteiger partial charge in [-0.1, -0.05) is 26.0 Å². The van der Waals surface area contributed by atoms with E-state index >= 15 is 0 Å². The van der Waals surface area contributed by atoms with Gasteiger partial charge in [-0.25, -0.2) is 0 Å². The molecule has 16 heavy (non-hydrogen) atoms. The summed E-state index contributed by atoms with van der Waals surface area (Å²) in [7, 11) is 1.69. The van der Waals surface area contributed by atoms with Gasteiger partial charge in [0.15, 0.2) is 0 Å². The zero-order valence-corrected chi connectivity index (χ0v) is 10.3. The average Bonchev–Trinajstić information content (AvgIpc) is 2.29. The number of benzene rings is 1. The van der Waals surface area contributed by atoms with Crippen LogP contribution >= 0.6 is 0 Å². The standard InChI is InChI=1S/C13H21NO2/c1-10(2)11-4-5-12(9-14-6-7-15)13(8-11)16-3/h4-5,8,10,14-15H,6-7,9H2,1-3H3. The summed E-state index contributed by atoms with van der Waals surface area (Å²) in [6, 6.07) is 6.29. The van der Waals surface area contributed by atoms with Gasteiger partial charge in [-0.2, -0.15) is 0 Å². The topological polar surface area (TPSA) is 41.5 Å². The maximum absolute atomic E-state index is 8.69. The Balaban J connectivity index is 2.76. The lowest BCUT2D eigenvalue weighted by atomic mass is 10.0. The molecule has 0 heterocycles. The Bertz CT molecular complexity index is 324. The minimum Gasteiger partial charge on any atom is -0.496 e. The Morgan fingerprint density at radius 3 is 2.69 bits per heavy atom. The number of aliphatic hydroxyl groups excluding tert-OH is 1. The lowest BCUT2D eigenvalue weighted by Gasteiger charge is -2.13.